The van der Waals surface area contributed by atoms with Gasteiger partial charge < -0.3 is 66.7 Å². The first-order chi connectivity index (χ1) is 27.1. The van der Waals surface area contributed by atoms with Gasteiger partial charge in [-0.1, -0.05) is 32.6 Å². The lowest BCUT2D eigenvalue weighted by Crippen LogP contribution is -2.16. The molecule has 0 aromatic rings. The first-order valence-corrected chi connectivity index (χ1v) is 19.9. The monoisotopic (exact) mass is 800 g/mol. The van der Waals surface area contributed by atoms with Crippen molar-refractivity contribution in [3.63, 3.8) is 0 Å². The molecular formula is C38H72O17. The number of carbonyl (C=O) groups excluding carboxylic acids is 2. The Morgan fingerprint density at radius 1 is 0.309 bits per heavy atom. The second-order valence-corrected chi connectivity index (χ2v) is 11.9. The Labute approximate surface area is 328 Å². The average molecular weight is 801 g/mol. The van der Waals surface area contributed by atoms with Crippen LogP contribution in [0.1, 0.15) is 71.1 Å². The molecule has 0 saturated heterocycles. The van der Waals surface area contributed by atoms with Crippen LogP contribution in [0.15, 0.2) is 0 Å². The summed E-state index contributed by atoms with van der Waals surface area (Å²) in [5.41, 5.74) is 0. The molecule has 0 amide bonds. The van der Waals surface area contributed by atoms with Crippen molar-refractivity contribution in [3.05, 3.63) is 0 Å². The van der Waals surface area contributed by atoms with E-state index in [-0.39, 0.29) is 44.6 Å². The molecule has 0 radical (unpaired) electrons. The average Bonchev–Trinajstić information content (AvgIpc) is 3.17. The van der Waals surface area contributed by atoms with Gasteiger partial charge in [0.25, 0.3) is 0 Å². The zero-order valence-electron chi connectivity index (χ0n) is 33.5. The molecule has 0 fully saturated rings. The van der Waals surface area contributed by atoms with Crippen molar-refractivity contribution in [1.29, 1.82) is 0 Å². The minimum atomic E-state index is -0.866. The van der Waals surface area contributed by atoms with E-state index >= 15 is 0 Å². The predicted molar refractivity (Wildman–Crippen MR) is 200 cm³/mol. The highest BCUT2D eigenvalue weighted by Crippen LogP contribution is 2.05. The van der Waals surface area contributed by atoms with Crippen LogP contribution in [0.2, 0.25) is 0 Å². The zero-order valence-corrected chi connectivity index (χ0v) is 33.5. The SMILES string of the molecule is CCCCCCCC(=O)OCCOCCOCCOCCOCCOCCOCCOCCOCCOCCOCCOCCOC(=O)CCCCC(=O)O. The fourth-order valence-corrected chi connectivity index (χ4v) is 4.29. The van der Waals surface area contributed by atoms with Gasteiger partial charge in [-0.15, -0.1) is 0 Å². The number of aliphatic carboxylic acids is 1. The lowest BCUT2D eigenvalue weighted by molar-refractivity contribution is -0.146. The number of unbranched alkanes of at least 4 members (excludes halogenated alkanes) is 5. The van der Waals surface area contributed by atoms with Gasteiger partial charge in [0.05, 0.1) is 145 Å². The third-order valence-electron chi connectivity index (χ3n) is 7.21. The van der Waals surface area contributed by atoms with Crippen molar-refractivity contribution in [3.8, 4) is 0 Å². The van der Waals surface area contributed by atoms with Crippen molar-refractivity contribution in [2.75, 3.05) is 159 Å². The highest BCUT2D eigenvalue weighted by Gasteiger charge is 2.05. The van der Waals surface area contributed by atoms with Gasteiger partial charge in [-0.05, 0) is 19.3 Å². The Kier molecular flexibility index (Phi) is 44.6. The van der Waals surface area contributed by atoms with Crippen LogP contribution in [-0.2, 0) is 76.0 Å². The summed E-state index contributed by atoms with van der Waals surface area (Å²) in [6.45, 7) is 12.5. The molecule has 0 aliphatic heterocycles. The summed E-state index contributed by atoms with van der Waals surface area (Å²) < 4.78 is 70.1. The lowest BCUT2D eigenvalue weighted by Gasteiger charge is -2.09. The molecule has 0 saturated carbocycles. The van der Waals surface area contributed by atoms with Crippen LogP contribution in [0.3, 0.4) is 0 Å². The fourth-order valence-electron chi connectivity index (χ4n) is 4.29. The quantitative estimate of drug-likeness (QED) is 0.0696. The van der Waals surface area contributed by atoms with E-state index in [2.05, 4.69) is 6.92 Å². The second kappa shape index (κ2) is 46.4. The van der Waals surface area contributed by atoms with E-state index in [1.807, 2.05) is 0 Å². The van der Waals surface area contributed by atoms with Gasteiger partial charge in [-0.25, -0.2) is 0 Å². The molecule has 0 aromatic carbocycles. The Hall–Kier alpha value is -2.03. The molecule has 17 nitrogen and oxygen atoms in total. The van der Waals surface area contributed by atoms with Crippen molar-refractivity contribution in [2.24, 2.45) is 0 Å². The number of hydrogen-bond donors (Lipinski definition) is 1. The molecule has 55 heavy (non-hydrogen) atoms. The van der Waals surface area contributed by atoms with E-state index in [0.29, 0.717) is 158 Å². The first-order valence-electron chi connectivity index (χ1n) is 19.9. The van der Waals surface area contributed by atoms with E-state index in [4.69, 9.17) is 66.7 Å². The Balaban J connectivity index is 3.13. The molecule has 0 rings (SSSR count). The molecule has 17 heteroatoms. The van der Waals surface area contributed by atoms with Gasteiger partial charge in [0.15, 0.2) is 0 Å². The van der Waals surface area contributed by atoms with E-state index in [9.17, 15) is 14.4 Å². The standard InChI is InChI=1S/C38H72O17/c1-2-3-4-5-6-10-37(41)54-34-32-52-30-28-50-26-24-48-22-20-46-18-16-44-14-12-43-13-15-45-17-19-47-21-23-49-25-27-51-29-31-53-33-35-55-38(42)11-8-7-9-36(39)40/h2-35H2,1H3,(H,39,40). The molecule has 0 bridgehead atoms. The summed E-state index contributed by atoms with van der Waals surface area (Å²) in [5.74, 6) is -1.37. The molecule has 1 N–H and O–H groups in total. The number of rotatable bonds is 47. The second-order valence-electron chi connectivity index (χ2n) is 11.9. The number of esters is 2. The van der Waals surface area contributed by atoms with Crippen LogP contribution in [0.5, 0.6) is 0 Å². The minimum Gasteiger partial charge on any atom is -0.481 e. The summed E-state index contributed by atoms with van der Waals surface area (Å²) in [6, 6.07) is 0. The summed E-state index contributed by atoms with van der Waals surface area (Å²) >= 11 is 0. The molecule has 0 aromatic heterocycles. The van der Waals surface area contributed by atoms with Gasteiger partial charge in [-0.2, -0.15) is 0 Å². The number of carboxylic acid groups (broad SMARTS) is 1. The Morgan fingerprint density at radius 2 is 0.527 bits per heavy atom. The fraction of sp³-hybridized carbons (Fsp3) is 0.921. The summed E-state index contributed by atoms with van der Waals surface area (Å²) in [5, 5.41) is 8.56. The number of hydrogen-bond acceptors (Lipinski definition) is 16. The van der Waals surface area contributed by atoms with E-state index < -0.39 is 5.97 Å². The first kappa shape index (κ1) is 53.0. The van der Waals surface area contributed by atoms with Gasteiger partial charge in [0.2, 0.25) is 0 Å². The van der Waals surface area contributed by atoms with E-state index in [1.54, 1.807) is 0 Å². The van der Waals surface area contributed by atoms with Crippen molar-refractivity contribution in [2.45, 2.75) is 71.1 Å². The van der Waals surface area contributed by atoms with Crippen LogP contribution in [0.4, 0.5) is 0 Å². The Morgan fingerprint density at radius 3 is 0.782 bits per heavy atom. The largest absolute Gasteiger partial charge is 0.481 e. The van der Waals surface area contributed by atoms with E-state index in [1.165, 1.54) is 19.3 Å². The minimum absolute atomic E-state index is 0.0566. The van der Waals surface area contributed by atoms with Crippen LogP contribution < -0.4 is 0 Å². The van der Waals surface area contributed by atoms with Crippen LogP contribution in [0.25, 0.3) is 0 Å². The smallest absolute Gasteiger partial charge is 0.305 e. The van der Waals surface area contributed by atoms with Crippen LogP contribution in [0, 0.1) is 0 Å². The topological polar surface area (TPSA) is 191 Å². The van der Waals surface area contributed by atoms with E-state index in [0.717, 1.165) is 12.8 Å². The maximum absolute atomic E-state index is 11.6. The van der Waals surface area contributed by atoms with Gasteiger partial charge in [-0.3, -0.25) is 14.4 Å². The highest BCUT2D eigenvalue weighted by molar-refractivity contribution is 5.70. The molecule has 0 atom stereocenters. The molecule has 0 unspecified atom stereocenters. The molecule has 326 valence electrons. The van der Waals surface area contributed by atoms with Crippen LogP contribution in [-0.4, -0.2) is 182 Å². The maximum Gasteiger partial charge on any atom is 0.305 e. The number of ether oxygens (including phenoxy) is 13. The number of carboxylic acids is 1. The van der Waals surface area contributed by atoms with Gasteiger partial charge in [0, 0.05) is 19.3 Å². The molecule has 0 spiro atoms. The molecule has 0 heterocycles. The van der Waals surface area contributed by atoms with Crippen molar-refractivity contribution in [1.82, 2.24) is 0 Å². The van der Waals surface area contributed by atoms with Crippen LogP contribution >= 0.6 is 0 Å². The zero-order chi connectivity index (χ0) is 40.0. The number of carbonyl (C=O) groups is 3. The molecule has 0 aliphatic carbocycles. The Bertz CT molecular complexity index is 820. The lowest BCUT2D eigenvalue weighted by atomic mass is 10.1. The molecule has 0 aliphatic rings. The third kappa shape index (κ3) is 48.0. The maximum atomic E-state index is 11.6. The predicted octanol–water partition coefficient (Wildman–Crippen LogP) is 3.26. The van der Waals surface area contributed by atoms with Gasteiger partial charge >= 0.3 is 17.9 Å². The summed E-state index contributed by atoms with van der Waals surface area (Å²) in [6.07, 6.45) is 7.25. The summed E-state index contributed by atoms with van der Waals surface area (Å²) in [4.78, 5) is 33.5. The summed E-state index contributed by atoms with van der Waals surface area (Å²) in [7, 11) is 0. The van der Waals surface area contributed by atoms with Crippen molar-refractivity contribution < 1.29 is 81.1 Å². The third-order valence-corrected chi connectivity index (χ3v) is 7.21. The molecular weight excluding hydrogens is 728 g/mol. The highest BCUT2D eigenvalue weighted by atomic mass is 16.6. The van der Waals surface area contributed by atoms with Gasteiger partial charge in [0.1, 0.15) is 13.2 Å². The normalized spacial score (nSPS) is 11.3. The van der Waals surface area contributed by atoms with Crippen molar-refractivity contribution >= 4 is 17.9 Å².